The molecule has 0 saturated carbocycles. The lowest BCUT2D eigenvalue weighted by Crippen LogP contribution is -2.50. The molecule has 0 heterocycles. The predicted octanol–water partition coefficient (Wildman–Crippen LogP) is 1.97. The van der Waals surface area contributed by atoms with Gasteiger partial charge in [0.1, 0.15) is 18.4 Å². The van der Waals surface area contributed by atoms with Gasteiger partial charge in [-0.05, 0) is 25.5 Å². The van der Waals surface area contributed by atoms with Crippen molar-refractivity contribution in [2.45, 2.75) is 26.4 Å². The molecule has 2 rings (SSSR count). The minimum atomic E-state index is -4.06. The molecule has 0 fully saturated rings. The smallest absolute Gasteiger partial charge is 0.271 e. The van der Waals surface area contributed by atoms with E-state index in [1.807, 2.05) is 0 Å². The molecule has 0 spiro atoms. The lowest BCUT2D eigenvalue weighted by atomic mass is 10.1. The van der Waals surface area contributed by atoms with Gasteiger partial charge in [0, 0.05) is 31.3 Å². The van der Waals surface area contributed by atoms with E-state index in [1.54, 1.807) is 13.0 Å². The second-order valence-corrected chi connectivity index (χ2v) is 9.31. The van der Waals surface area contributed by atoms with Crippen molar-refractivity contribution in [3.63, 3.8) is 0 Å². The van der Waals surface area contributed by atoms with Gasteiger partial charge < -0.3 is 10.2 Å². The van der Waals surface area contributed by atoms with E-state index in [0.29, 0.717) is 5.56 Å². The van der Waals surface area contributed by atoms with E-state index in [9.17, 15) is 32.5 Å². The van der Waals surface area contributed by atoms with Crippen LogP contribution in [0.3, 0.4) is 0 Å². The Morgan fingerprint density at radius 1 is 1.21 bits per heavy atom. The summed E-state index contributed by atoms with van der Waals surface area (Å²) >= 11 is 0. The molecule has 0 unspecified atom stereocenters. The second-order valence-electron chi connectivity index (χ2n) is 7.40. The zero-order valence-corrected chi connectivity index (χ0v) is 19.4. The first-order valence-corrected chi connectivity index (χ1v) is 11.7. The molecule has 0 aliphatic carbocycles. The number of carbonyl (C=O) groups is 2. The van der Waals surface area contributed by atoms with Crippen molar-refractivity contribution >= 4 is 33.2 Å². The van der Waals surface area contributed by atoms with Crippen molar-refractivity contribution in [1.29, 1.82) is 0 Å². The number of nitro benzene ring substituents is 1. The Bertz CT molecular complexity index is 1170. The van der Waals surface area contributed by atoms with Gasteiger partial charge >= 0.3 is 0 Å². The van der Waals surface area contributed by atoms with Crippen molar-refractivity contribution in [2.75, 3.05) is 24.2 Å². The van der Waals surface area contributed by atoms with Crippen LogP contribution in [0.25, 0.3) is 0 Å². The number of sulfonamides is 1. The van der Waals surface area contributed by atoms with Gasteiger partial charge in [-0.1, -0.05) is 24.3 Å². The maximum absolute atomic E-state index is 14.2. The number of nitrogens with one attached hydrogen (secondary N) is 1. The normalized spacial score (nSPS) is 12.0. The van der Waals surface area contributed by atoms with E-state index >= 15 is 0 Å². The van der Waals surface area contributed by atoms with E-state index < -0.39 is 45.2 Å². The largest absolute Gasteiger partial charge is 0.357 e. The molecule has 0 radical (unpaired) electrons. The third kappa shape index (κ3) is 6.25. The van der Waals surface area contributed by atoms with Crippen molar-refractivity contribution in [2.24, 2.45) is 0 Å². The van der Waals surface area contributed by atoms with Gasteiger partial charge in [-0.2, -0.15) is 0 Å². The summed E-state index contributed by atoms with van der Waals surface area (Å²) in [5.41, 5.74) is 0.134. The Morgan fingerprint density at radius 2 is 1.85 bits per heavy atom. The van der Waals surface area contributed by atoms with Gasteiger partial charge in [0.2, 0.25) is 21.8 Å². The summed E-state index contributed by atoms with van der Waals surface area (Å²) in [7, 11) is -2.68. The quantitative estimate of drug-likeness (QED) is 0.431. The molecule has 2 amide bonds. The van der Waals surface area contributed by atoms with E-state index in [1.165, 1.54) is 44.3 Å². The highest BCUT2D eigenvalue weighted by Gasteiger charge is 2.31. The third-order valence-corrected chi connectivity index (χ3v) is 6.19. The molecule has 12 heteroatoms. The molecular formula is C21H25FN4O6S. The molecule has 0 bridgehead atoms. The molecule has 0 aliphatic heterocycles. The molecule has 10 nitrogen and oxygen atoms in total. The summed E-state index contributed by atoms with van der Waals surface area (Å²) in [5.74, 6) is -1.91. The lowest BCUT2D eigenvalue weighted by molar-refractivity contribution is -0.384. The average Bonchev–Trinajstić information content (AvgIpc) is 2.75. The highest BCUT2D eigenvalue weighted by molar-refractivity contribution is 7.92. The Kier molecular flexibility index (Phi) is 8.09. The number of nitro groups is 1. The molecule has 178 valence electrons. The minimum absolute atomic E-state index is 0.0431. The number of non-ortho nitro benzene ring substituents is 1. The van der Waals surface area contributed by atoms with E-state index in [0.717, 1.165) is 21.5 Å². The van der Waals surface area contributed by atoms with Crippen molar-refractivity contribution in [3.05, 3.63) is 69.5 Å². The van der Waals surface area contributed by atoms with Crippen molar-refractivity contribution in [1.82, 2.24) is 10.2 Å². The maximum Gasteiger partial charge on any atom is 0.271 e. The van der Waals surface area contributed by atoms with Crippen LogP contribution in [0.2, 0.25) is 0 Å². The van der Waals surface area contributed by atoms with E-state index in [2.05, 4.69) is 5.32 Å². The molecule has 0 aliphatic rings. The van der Waals surface area contributed by atoms with Crippen LogP contribution >= 0.6 is 0 Å². The van der Waals surface area contributed by atoms with Crippen LogP contribution in [0, 0.1) is 22.9 Å². The Labute approximate surface area is 191 Å². The molecule has 33 heavy (non-hydrogen) atoms. The Morgan fingerprint density at radius 3 is 2.39 bits per heavy atom. The fraction of sp³-hybridized carbons (Fsp3) is 0.333. The van der Waals surface area contributed by atoms with Crippen LogP contribution in [0.1, 0.15) is 18.1 Å². The number of aryl methyl sites for hydroxylation is 1. The number of hydrogen-bond donors (Lipinski definition) is 1. The topological polar surface area (TPSA) is 130 Å². The first kappa shape index (κ1) is 25.7. The first-order valence-electron chi connectivity index (χ1n) is 9.84. The number of amides is 2. The van der Waals surface area contributed by atoms with Crippen molar-refractivity contribution < 1.29 is 27.3 Å². The number of anilines is 1. The molecule has 0 saturated heterocycles. The monoisotopic (exact) mass is 480 g/mol. The summed E-state index contributed by atoms with van der Waals surface area (Å²) in [6.07, 6.45) is 0.863. The summed E-state index contributed by atoms with van der Waals surface area (Å²) in [4.78, 5) is 37.1. The highest BCUT2D eigenvalue weighted by atomic mass is 32.2. The molecule has 2 aromatic carbocycles. The van der Waals surface area contributed by atoms with Gasteiger partial charge in [0.15, 0.2) is 0 Å². The number of carbonyl (C=O) groups excluding carboxylic acids is 2. The zero-order valence-electron chi connectivity index (χ0n) is 18.6. The van der Waals surface area contributed by atoms with Crippen LogP contribution in [-0.4, -0.2) is 55.9 Å². The summed E-state index contributed by atoms with van der Waals surface area (Å²) < 4.78 is 40.1. The lowest BCUT2D eigenvalue weighted by Gasteiger charge is -2.31. The third-order valence-electron chi connectivity index (χ3n) is 5.06. The Hall–Kier alpha value is -3.54. The summed E-state index contributed by atoms with van der Waals surface area (Å²) in [6, 6.07) is 8.31. The van der Waals surface area contributed by atoms with Crippen LogP contribution in [0.15, 0.2) is 42.5 Å². The predicted molar refractivity (Wildman–Crippen MR) is 121 cm³/mol. The number of rotatable bonds is 9. The zero-order chi connectivity index (χ0) is 24.9. The highest BCUT2D eigenvalue weighted by Crippen LogP contribution is 2.28. The summed E-state index contributed by atoms with van der Waals surface area (Å²) in [5, 5.41) is 13.6. The SMILES string of the molecule is CNC(=O)[C@@H](C)N(Cc1ccccc1F)C(=O)CN(c1cc([N+](=O)[O-])ccc1C)S(C)(=O)=O. The first-order chi connectivity index (χ1) is 15.4. The van der Waals surface area contributed by atoms with Crippen LogP contribution < -0.4 is 9.62 Å². The van der Waals surface area contributed by atoms with Gasteiger partial charge in [-0.25, -0.2) is 12.8 Å². The number of benzene rings is 2. The van der Waals surface area contributed by atoms with Gasteiger partial charge in [-0.3, -0.25) is 24.0 Å². The standard InChI is InChI=1S/C21H25FN4O6S/c1-14-9-10-17(26(29)30)11-19(14)25(33(4,31)32)13-20(27)24(15(2)21(28)23-3)12-16-7-5-6-8-18(16)22/h5-11,15H,12-13H2,1-4H3,(H,23,28)/t15-/m1/s1. The molecular weight excluding hydrogens is 455 g/mol. The summed E-state index contributed by atoms with van der Waals surface area (Å²) in [6.45, 7) is 1.95. The van der Waals surface area contributed by atoms with E-state index in [-0.39, 0.29) is 23.5 Å². The molecule has 1 N–H and O–H groups in total. The molecule has 0 aromatic heterocycles. The van der Waals surface area contributed by atoms with E-state index in [4.69, 9.17) is 0 Å². The molecule has 2 aromatic rings. The van der Waals surface area contributed by atoms with Crippen molar-refractivity contribution in [3.8, 4) is 0 Å². The fourth-order valence-corrected chi connectivity index (χ4v) is 4.08. The fourth-order valence-electron chi connectivity index (χ4n) is 3.18. The number of halogens is 1. The molecule has 1 atom stereocenters. The number of likely N-dealkylation sites (N-methyl/N-ethyl adjacent to an activating group) is 1. The van der Waals surface area contributed by atoms with Gasteiger partial charge in [-0.15, -0.1) is 0 Å². The number of nitrogens with zero attached hydrogens (tertiary/aromatic N) is 3. The Balaban J connectivity index is 2.49. The van der Waals surface area contributed by atoms with Crippen LogP contribution in [0.4, 0.5) is 15.8 Å². The van der Waals surface area contributed by atoms with Crippen LogP contribution in [0.5, 0.6) is 0 Å². The van der Waals surface area contributed by atoms with Gasteiger partial charge in [0.05, 0.1) is 16.9 Å². The maximum atomic E-state index is 14.2. The minimum Gasteiger partial charge on any atom is -0.357 e. The second kappa shape index (κ2) is 10.4. The van der Waals surface area contributed by atoms with Gasteiger partial charge in [0.25, 0.3) is 5.69 Å². The number of hydrogen-bond acceptors (Lipinski definition) is 6. The van der Waals surface area contributed by atoms with Crippen LogP contribution in [-0.2, 0) is 26.2 Å². The average molecular weight is 481 g/mol.